The SMILES string of the molecule is CCCCC(CC)CN(CC(CC)CCCC)Cn1ccc(-c2ccccn2)n1. The first-order valence-corrected chi connectivity index (χ1v) is 11.9. The molecule has 162 valence electrons. The van der Waals surface area contributed by atoms with Gasteiger partial charge >= 0.3 is 0 Å². The van der Waals surface area contributed by atoms with E-state index >= 15 is 0 Å². The van der Waals surface area contributed by atoms with E-state index < -0.39 is 0 Å². The van der Waals surface area contributed by atoms with Gasteiger partial charge in [-0.05, 0) is 42.9 Å². The summed E-state index contributed by atoms with van der Waals surface area (Å²) in [6.07, 6.45) is 14.4. The molecule has 0 saturated carbocycles. The van der Waals surface area contributed by atoms with Gasteiger partial charge in [-0.2, -0.15) is 5.10 Å². The van der Waals surface area contributed by atoms with Crippen molar-refractivity contribution in [3.05, 3.63) is 36.7 Å². The molecule has 2 unspecified atom stereocenters. The average molecular weight is 399 g/mol. The van der Waals surface area contributed by atoms with Gasteiger partial charge in [-0.25, -0.2) is 0 Å². The summed E-state index contributed by atoms with van der Waals surface area (Å²) in [6.45, 7) is 12.5. The van der Waals surface area contributed by atoms with Crippen molar-refractivity contribution < 1.29 is 0 Å². The fourth-order valence-electron chi connectivity index (χ4n) is 4.05. The van der Waals surface area contributed by atoms with Crippen LogP contribution in [0, 0.1) is 11.8 Å². The van der Waals surface area contributed by atoms with Crippen LogP contribution in [0.2, 0.25) is 0 Å². The van der Waals surface area contributed by atoms with E-state index in [1.165, 1.54) is 64.5 Å². The van der Waals surface area contributed by atoms with Crippen molar-refractivity contribution in [1.82, 2.24) is 19.7 Å². The highest BCUT2D eigenvalue weighted by Crippen LogP contribution is 2.20. The van der Waals surface area contributed by atoms with Gasteiger partial charge in [0.15, 0.2) is 0 Å². The highest BCUT2D eigenvalue weighted by atomic mass is 15.4. The van der Waals surface area contributed by atoms with E-state index in [1.54, 1.807) is 0 Å². The molecule has 0 fully saturated rings. The molecule has 0 bridgehead atoms. The van der Waals surface area contributed by atoms with Gasteiger partial charge in [0.05, 0.1) is 12.4 Å². The molecule has 4 nitrogen and oxygen atoms in total. The topological polar surface area (TPSA) is 34.0 Å². The lowest BCUT2D eigenvalue weighted by atomic mass is 9.96. The van der Waals surface area contributed by atoms with Crippen LogP contribution >= 0.6 is 0 Å². The Bertz CT molecular complexity index is 634. The Morgan fingerprint density at radius 2 is 1.52 bits per heavy atom. The lowest BCUT2D eigenvalue weighted by Crippen LogP contribution is -2.35. The zero-order valence-electron chi connectivity index (χ0n) is 19.2. The van der Waals surface area contributed by atoms with Crippen LogP contribution in [-0.2, 0) is 6.67 Å². The largest absolute Gasteiger partial charge is 0.284 e. The zero-order valence-corrected chi connectivity index (χ0v) is 19.2. The number of aromatic nitrogens is 3. The number of hydrogen-bond donors (Lipinski definition) is 0. The molecule has 0 aliphatic heterocycles. The summed E-state index contributed by atoms with van der Waals surface area (Å²) in [4.78, 5) is 7.10. The minimum Gasteiger partial charge on any atom is -0.284 e. The fraction of sp³-hybridized carbons (Fsp3) is 0.680. The maximum Gasteiger partial charge on any atom is 0.111 e. The molecule has 0 saturated heterocycles. The summed E-state index contributed by atoms with van der Waals surface area (Å²) in [5.74, 6) is 1.56. The van der Waals surface area contributed by atoms with Crippen LogP contribution in [0.15, 0.2) is 36.7 Å². The standard InChI is InChI=1S/C25H42N4/c1-5-9-13-22(7-3)19-28(20-23(8-4)14-10-6-2)21-29-18-16-25(27-29)24-15-11-12-17-26-24/h11-12,15-18,22-23H,5-10,13-14,19-21H2,1-4H3. The predicted molar refractivity (Wildman–Crippen MR) is 124 cm³/mol. The molecule has 0 aliphatic carbocycles. The Hall–Kier alpha value is -1.68. The van der Waals surface area contributed by atoms with Crippen LogP contribution in [0.5, 0.6) is 0 Å². The smallest absolute Gasteiger partial charge is 0.111 e. The maximum absolute atomic E-state index is 4.82. The van der Waals surface area contributed by atoms with Crippen LogP contribution in [0.4, 0.5) is 0 Å². The van der Waals surface area contributed by atoms with E-state index in [0.717, 1.165) is 29.9 Å². The zero-order chi connectivity index (χ0) is 20.9. The second kappa shape index (κ2) is 13.5. The molecule has 29 heavy (non-hydrogen) atoms. The molecule has 2 heterocycles. The van der Waals surface area contributed by atoms with Gasteiger partial charge < -0.3 is 0 Å². The second-order valence-corrected chi connectivity index (χ2v) is 8.47. The van der Waals surface area contributed by atoms with Crippen molar-refractivity contribution in [2.24, 2.45) is 11.8 Å². The fourth-order valence-corrected chi connectivity index (χ4v) is 4.05. The first kappa shape index (κ1) is 23.6. The first-order valence-electron chi connectivity index (χ1n) is 11.9. The molecule has 2 rings (SSSR count). The molecular weight excluding hydrogens is 356 g/mol. The molecule has 0 amide bonds. The van der Waals surface area contributed by atoms with E-state index in [9.17, 15) is 0 Å². The Balaban J connectivity index is 2.08. The third kappa shape index (κ3) is 8.30. The number of hydrogen-bond acceptors (Lipinski definition) is 3. The molecule has 0 spiro atoms. The van der Waals surface area contributed by atoms with Crippen molar-refractivity contribution in [2.75, 3.05) is 13.1 Å². The normalized spacial score (nSPS) is 13.7. The molecule has 2 aromatic rings. The lowest BCUT2D eigenvalue weighted by molar-refractivity contribution is 0.138. The van der Waals surface area contributed by atoms with E-state index in [1.807, 2.05) is 24.4 Å². The summed E-state index contributed by atoms with van der Waals surface area (Å²) in [5, 5.41) is 4.82. The molecule has 0 radical (unpaired) electrons. The molecule has 0 aliphatic rings. The van der Waals surface area contributed by atoms with Gasteiger partial charge in [-0.1, -0.05) is 72.3 Å². The van der Waals surface area contributed by atoms with Gasteiger partial charge in [0, 0.05) is 25.5 Å². The monoisotopic (exact) mass is 398 g/mol. The van der Waals surface area contributed by atoms with Crippen LogP contribution in [0.3, 0.4) is 0 Å². The number of nitrogens with zero attached hydrogens (tertiary/aromatic N) is 4. The van der Waals surface area contributed by atoms with E-state index in [4.69, 9.17) is 5.10 Å². The Labute approximate surface area is 178 Å². The molecule has 2 aromatic heterocycles. The van der Waals surface area contributed by atoms with Crippen molar-refractivity contribution in [3.8, 4) is 11.4 Å². The summed E-state index contributed by atoms with van der Waals surface area (Å²) >= 11 is 0. The Morgan fingerprint density at radius 3 is 2.03 bits per heavy atom. The van der Waals surface area contributed by atoms with Crippen LogP contribution in [-0.4, -0.2) is 32.8 Å². The van der Waals surface area contributed by atoms with Gasteiger partial charge in [0.2, 0.25) is 0 Å². The Morgan fingerprint density at radius 1 is 0.862 bits per heavy atom. The molecule has 4 heteroatoms. The van der Waals surface area contributed by atoms with Crippen molar-refractivity contribution in [3.63, 3.8) is 0 Å². The van der Waals surface area contributed by atoms with Crippen LogP contribution < -0.4 is 0 Å². The Kier molecular flexibility index (Phi) is 11.0. The second-order valence-electron chi connectivity index (χ2n) is 8.47. The van der Waals surface area contributed by atoms with Crippen molar-refractivity contribution in [2.45, 2.75) is 85.7 Å². The highest BCUT2D eigenvalue weighted by molar-refractivity contribution is 5.52. The molecule has 0 N–H and O–H groups in total. The maximum atomic E-state index is 4.82. The summed E-state index contributed by atoms with van der Waals surface area (Å²) < 4.78 is 2.10. The van der Waals surface area contributed by atoms with Crippen LogP contribution in [0.1, 0.15) is 79.1 Å². The van der Waals surface area contributed by atoms with Crippen LogP contribution in [0.25, 0.3) is 11.4 Å². The van der Waals surface area contributed by atoms with E-state index in [0.29, 0.717) is 0 Å². The van der Waals surface area contributed by atoms with Gasteiger partial charge in [0.1, 0.15) is 5.69 Å². The van der Waals surface area contributed by atoms with E-state index in [-0.39, 0.29) is 0 Å². The first-order chi connectivity index (χ1) is 14.2. The average Bonchev–Trinajstić information content (AvgIpc) is 3.22. The molecule has 2 atom stereocenters. The molecule has 0 aromatic carbocycles. The number of rotatable bonds is 15. The minimum atomic E-state index is 0.782. The highest BCUT2D eigenvalue weighted by Gasteiger charge is 2.18. The van der Waals surface area contributed by atoms with E-state index in [2.05, 4.69) is 54.5 Å². The summed E-state index contributed by atoms with van der Waals surface area (Å²) in [7, 11) is 0. The van der Waals surface area contributed by atoms with Gasteiger partial charge in [-0.15, -0.1) is 0 Å². The lowest BCUT2D eigenvalue weighted by Gasteiger charge is -2.30. The number of unbranched alkanes of at least 4 members (excludes halogenated alkanes) is 2. The molecular formula is C25H42N4. The van der Waals surface area contributed by atoms with Gasteiger partial charge in [0.25, 0.3) is 0 Å². The predicted octanol–water partition coefficient (Wildman–Crippen LogP) is 6.64. The third-order valence-electron chi connectivity index (χ3n) is 6.03. The summed E-state index contributed by atoms with van der Waals surface area (Å²) in [6, 6.07) is 8.08. The quantitative estimate of drug-likeness (QED) is 0.337. The minimum absolute atomic E-state index is 0.782. The van der Waals surface area contributed by atoms with Crippen molar-refractivity contribution >= 4 is 0 Å². The summed E-state index contributed by atoms with van der Waals surface area (Å²) in [5.41, 5.74) is 1.91. The van der Waals surface area contributed by atoms with Crippen molar-refractivity contribution in [1.29, 1.82) is 0 Å². The van der Waals surface area contributed by atoms with Gasteiger partial charge in [-0.3, -0.25) is 14.6 Å². The number of pyridine rings is 1. The third-order valence-corrected chi connectivity index (χ3v) is 6.03.